The van der Waals surface area contributed by atoms with Crippen LogP contribution in [-0.2, 0) is 4.74 Å². The van der Waals surface area contributed by atoms with Crippen LogP contribution >= 0.6 is 0 Å². The standard InChI is InChI=1S/C12H22N2O/c1-2-10(1)8-14-5-6-15-9-11-7-13-4-3-12(11)14/h10-13H,1-9H2/t11-,12-/m1/s1. The summed E-state index contributed by atoms with van der Waals surface area (Å²) in [6.07, 6.45) is 4.25. The van der Waals surface area contributed by atoms with E-state index in [1.54, 1.807) is 0 Å². The molecule has 15 heavy (non-hydrogen) atoms. The zero-order valence-corrected chi connectivity index (χ0v) is 9.45. The molecule has 3 aliphatic rings. The molecule has 1 N–H and O–H groups in total. The van der Waals surface area contributed by atoms with Gasteiger partial charge in [-0.15, -0.1) is 0 Å². The zero-order chi connectivity index (χ0) is 10.1. The smallest absolute Gasteiger partial charge is 0.0593 e. The number of rotatable bonds is 2. The molecule has 0 amide bonds. The van der Waals surface area contributed by atoms with E-state index >= 15 is 0 Å². The van der Waals surface area contributed by atoms with Crippen LogP contribution in [0.1, 0.15) is 19.3 Å². The van der Waals surface area contributed by atoms with Crippen LogP contribution in [0.5, 0.6) is 0 Å². The number of hydrogen-bond acceptors (Lipinski definition) is 3. The lowest BCUT2D eigenvalue weighted by Crippen LogP contribution is -2.50. The highest BCUT2D eigenvalue weighted by molar-refractivity contribution is 4.89. The Kier molecular flexibility index (Phi) is 2.95. The van der Waals surface area contributed by atoms with E-state index in [2.05, 4.69) is 10.2 Å². The predicted molar refractivity (Wildman–Crippen MR) is 59.9 cm³/mol. The van der Waals surface area contributed by atoms with Crippen LogP contribution in [0, 0.1) is 11.8 Å². The first-order chi connectivity index (χ1) is 7.43. The molecule has 2 saturated heterocycles. The van der Waals surface area contributed by atoms with Crippen LogP contribution < -0.4 is 5.32 Å². The van der Waals surface area contributed by atoms with Gasteiger partial charge >= 0.3 is 0 Å². The second-order valence-electron chi connectivity index (χ2n) is 5.33. The highest BCUT2D eigenvalue weighted by Gasteiger charge is 2.35. The Morgan fingerprint density at radius 1 is 1.27 bits per heavy atom. The molecule has 2 aliphatic heterocycles. The predicted octanol–water partition coefficient (Wildman–Crippen LogP) is 0.707. The minimum absolute atomic E-state index is 0.736. The molecule has 1 aliphatic carbocycles. The van der Waals surface area contributed by atoms with Crippen LogP contribution in [0.15, 0.2) is 0 Å². The van der Waals surface area contributed by atoms with Crippen molar-refractivity contribution in [2.45, 2.75) is 25.3 Å². The first-order valence-corrected chi connectivity index (χ1v) is 6.46. The van der Waals surface area contributed by atoms with Gasteiger partial charge in [0.1, 0.15) is 0 Å². The average Bonchev–Trinajstić information content (AvgIpc) is 3.07. The van der Waals surface area contributed by atoms with E-state index in [-0.39, 0.29) is 0 Å². The number of ether oxygens (including phenoxy) is 1. The number of nitrogens with one attached hydrogen (secondary N) is 1. The van der Waals surface area contributed by atoms with Gasteiger partial charge in [-0.3, -0.25) is 4.90 Å². The third-order valence-electron chi connectivity index (χ3n) is 4.08. The average molecular weight is 210 g/mol. The van der Waals surface area contributed by atoms with E-state index in [9.17, 15) is 0 Å². The summed E-state index contributed by atoms with van der Waals surface area (Å²) in [5.41, 5.74) is 0. The van der Waals surface area contributed by atoms with Gasteiger partial charge in [0.05, 0.1) is 13.2 Å². The van der Waals surface area contributed by atoms with Crippen LogP contribution in [0.4, 0.5) is 0 Å². The van der Waals surface area contributed by atoms with Crippen molar-refractivity contribution in [1.82, 2.24) is 10.2 Å². The first kappa shape index (κ1) is 10.1. The van der Waals surface area contributed by atoms with Gasteiger partial charge in [0.15, 0.2) is 0 Å². The van der Waals surface area contributed by atoms with Gasteiger partial charge in [-0.05, 0) is 31.7 Å². The number of hydrogen-bond donors (Lipinski definition) is 1. The van der Waals surface area contributed by atoms with E-state index in [0.29, 0.717) is 0 Å². The Labute approximate surface area is 92.2 Å². The lowest BCUT2D eigenvalue weighted by Gasteiger charge is -2.37. The van der Waals surface area contributed by atoms with Crippen molar-refractivity contribution in [1.29, 1.82) is 0 Å². The number of fused-ring (bicyclic) bond motifs is 1. The molecule has 2 atom stereocenters. The molecule has 0 spiro atoms. The van der Waals surface area contributed by atoms with Crippen molar-refractivity contribution >= 4 is 0 Å². The maximum Gasteiger partial charge on any atom is 0.0593 e. The third-order valence-corrected chi connectivity index (χ3v) is 4.08. The highest BCUT2D eigenvalue weighted by atomic mass is 16.5. The summed E-state index contributed by atoms with van der Waals surface area (Å²) < 4.78 is 5.71. The lowest BCUT2D eigenvalue weighted by atomic mass is 9.92. The van der Waals surface area contributed by atoms with Crippen molar-refractivity contribution in [3.8, 4) is 0 Å². The minimum Gasteiger partial charge on any atom is -0.380 e. The topological polar surface area (TPSA) is 24.5 Å². The summed E-state index contributed by atoms with van der Waals surface area (Å²) in [5, 5.41) is 3.49. The summed E-state index contributed by atoms with van der Waals surface area (Å²) in [6.45, 7) is 6.77. The molecule has 3 rings (SSSR count). The van der Waals surface area contributed by atoms with Gasteiger partial charge in [-0.1, -0.05) is 0 Å². The molecule has 0 aromatic carbocycles. The summed E-state index contributed by atoms with van der Waals surface area (Å²) in [7, 11) is 0. The van der Waals surface area contributed by atoms with Gasteiger partial charge < -0.3 is 10.1 Å². The third kappa shape index (κ3) is 2.35. The molecule has 3 heteroatoms. The largest absolute Gasteiger partial charge is 0.380 e. The molecule has 3 fully saturated rings. The van der Waals surface area contributed by atoms with E-state index < -0.39 is 0 Å². The summed E-state index contributed by atoms with van der Waals surface area (Å²) in [6, 6.07) is 0.800. The second kappa shape index (κ2) is 4.40. The summed E-state index contributed by atoms with van der Waals surface area (Å²) >= 11 is 0. The van der Waals surface area contributed by atoms with Crippen molar-refractivity contribution in [3.05, 3.63) is 0 Å². The Balaban J connectivity index is 1.66. The molecular formula is C12H22N2O. The van der Waals surface area contributed by atoms with Gasteiger partial charge in [-0.25, -0.2) is 0 Å². The SMILES string of the molecule is C1C[C@@H]2[C@H](CN1)COCCN2CC1CC1. The monoisotopic (exact) mass is 210 g/mol. The molecule has 86 valence electrons. The van der Waals surface area contributed by atoms with Crippen molar-refractivity contribution < 1.29 is 4.74 Å². The lowest BCUT2D eigenvalue weighted by molar-refractivity contribution is 0.101. The quantitative estimate of drug-likeness (QED) is 0.726. The van der Waals surface area contributed by atoms with E-state index in [1.165, 1.54) is 32.4 Å². The molecule has 0 unspecified atom stereocenters. The van der Waals surface area contributed by atoms with Crippen LogP contribution in [0.3, 0.4) is 0 Å². The molecule has 2 heterocycles. The van der Waals surface area contributed by atoms with Crippen molar-refractivity contribution in [2.75, 3.05) is 39.4 Å². The normalized spacial score (nSPS) is 38.4. The minimum atomic E-state index is 0.736. The maximum absolute atomic E-state index is 5.71. The summed E-state index contributed by atoms with van der Waals surface area (Å²) in [5.74, 6) is 1.75. The maximum atomic E-state index is 5.71. The molecule has 0 bridgehead atoms. The molecule has 1 saturated carbocycles. The fraction of sp³-hybridized carbons (Fsp3) is 1.00. The van der Waals surface area contributed by atoms with Gasteiger partial charge in [0.25, 0.3) is 0 Å². The fourth-order valence-corrected chi connectivity index (χ4v) is 3.00. The van der Waals surface area contributed by atoms with E-state index in [4.69, 9.17) is 4.74 Å². The Morgan fingerprint density at radius 2 is 2.20 bits per heavy atom. The number of piperidine rings is 1. The fourth-order valence-electron chi connectivity index (χ4n) is 3.00. The van der Waals surface area contributed by atoms with E-state index in [1.807, 2.05) is 0 Å². The second-order valence-corrected chi connectivity index (χ2v) is 5.33. The molecule has 0 radical (unpaired) electrons. The Bertz CT molecular complexity index is 218. The van der Waals surface area contributed by atoms with Crippen LogP contribution in [0.2, 0.25) is 0 Å². The Hall–Kier alpha value is -0.120. The molecule has 3 nitrogen and oxygen atoms in total. The molecule has 0 aromatic rings. The van der Waals surface area contributed by atoms with Crippen molar-refractivity contribution in [2.24, 2.45) is 11.8 Å². The molecular weight excluding hydrogens is 188 g/mol. The summed E-state index contributed by atoms with van der Waals surface area (Å²) in [4.78, 5) is 2.72. The van der Waals surface area contributed by atoms with Gasteiger partial charge in [-0.2, -0.15) is 0 Å². The number of nitrogens with zero attached hydrogens (tertiary/aromatic N) is 1. The molecule has 0 aromatic heterocycles. The zero-order valence-electron chi connectivity index (χ0n) is 9.45. The Morgan fingerprint density at radius 3 is 3.07 bits per heavy atom. The van der Waals surface area contributed by atoms with Crippen LogP contribution in [-0.4, -0.2) is 50.3 Å². The highest BCUT2D eigenvalue weighted by Crippen LogP contribution is 2.32. The van der Waals surface area contributed by atoms with Gasteiger partial charge in [0, 0.05) is 31.6 Å². The first-order valence-electron chi connectivity index (χ1n) is 6.46. The van der Waals surface area contributed by atoms with Crippen molar-refractivity contribution in [3.63, 3.8) is 0 Å². The van der Waals surface area contributed by atoms with Crippen LogP contribution in [0.25, 0.3) is 0 Å². The van der Waals surface area contributed by atoms with Gasteiger partial charge in [0.2, 0.25) is 0 Å². The van der Waals surface area contributed by atoms with E-state index in [0.717, 1.165) is 44.2 Å².